The third-order valence-corrected chi connectivity index (χ3v) is 5.01. The molecule has 1 aromatic carbocycles. The van der Waals surface area contributed by atoms with Gasteiger partial charge in [-0.15, -0.1) is 5.10 Å². The minimum Gasteiger partial charge on any atom is -0.337 e. The van der Waals surface area contributed by atoms with Gasteiger partial charge in [-0.3, -0.25) is 15.1 Å². The van der Waals surface area contributed by atoms with Crippen molar-refractivity contribution >= 4 is 17.8 Å². The smallest absolute Gasteiger partial charge is 0.337 e. The van der Waals surface area contributed by atoms with Crippen molar-refractivity contribution in [1.29, 1.82) is 0 Å². The number of pyridine rings is 1. The molecular weight excluding hydrogens is 425 g/mol. The summed E-state index contributed by atoms with van der Waals surface area (Å²) in [5.41, 5.74) is -0.0376. The molecule has 32 heavy (non-hydrogen) atoms. The molecule has 0 saturated carbocycles. The molecule has 166 valence electrons. The summed E-state index contributed by atoms with van der Waals surface area (Å²) in [5, 5.41) is 9.46. The fourth-order valence-corrected chi connectivity index (χ4v) is 3.44. The van der Waals surface area contributed by atoms with Crippen molar-refractivity contribution in [3.05, 3.63) is 72.2 Å². The first-order valence-corrected chi connectivity index (χ1v) is 9.80. The minimum atomic E-state index is -4.46. The second-order valence-corrected chi connectivity index (χ2v) is 7.26. The number of hydrogen-bond donors (Lipinski definition) is 2. The third kappa shape index (κ3) is 4.88. The zero-order valence-electron chi connectivity index (χ0n) is 16.7. The van der Waals surface area contributed by atoms with Gasteiger partial charge >= 0.3 is 12.2 Å². The fourth-order valence-electron chi connectivity index (χ4n) is 3.44. The zero-order valence-corrected chi connectivity index (χ0v) is 16.7. The quantitative estimate of drug-likeness (QED) is 0.646. The lowest BCUT2D eigenvalue weighted by molar-refractivity contribution is -0.137. The molecule has 4 rings (SSSR count). The van der Waals surface area contributed by atoms with E-state index in [1.807, 2.05) is 0 Å². The lowest BCUT2D eigenvalue weighted by atomic mass is 10.2. The lowest BCUT2D eigenvalue weighted by Crippen LogP contribution is -2.40. The maximum absolute atomic E-state index is 12.9. The van der Waals surface area contributed by atoms with Gasteiger partial charge in [0.15, 0.2) is 5.82 Å². The summed E-state index contributed by atoms with van der Waals surface area (Å²) in [6.07, 6.45) is 0.687. The molecular formula is C21H19F3N6O2. The van der Waals surface area contributed by atoms with Crippen LogP contribution < -0.4 is 10.6 Å². The molecule has 3 heterocycles. The van der Waals surface area contributed by atoms with E-state index < -0.39 is 17.8 Å². The summed E-state index contributed by atoms with van der Waals surface area (Å²) in [4.78, 5) is 30.3. The molecule has 3 aromatic rings. The van der Waals surface area contributed by atoms with Crippen molar-refractivity contribution in [2.24, 2.45) is 0 Å². The van der Waals surface area contributed by atoms with Gasteiger partial charge in [-0.1, -0.05) is 6.07 Å². The van der Waals surface area contributed by atoms with E-state index in [9.17, 15) is 22.8 Å². The molecule has 2 aromatic heterocycles. The van der Waals surface area contributed by atoms with Crippen LogP contribution in [0, 0.1) is 0 Å². The number of urea groups is 1. The number of aromatic nitrogens is 3. The number of hydrogen-bond acceptors (Lipinski definition) is 4. The second kappa shape index (κ2) is 8.69. The SMILES string of the molecule is O=C(Nc1ccn(-c2cccc(C(F)(F)F)c2)n1)NC1CCN(C(=O)c2ccncc2)C1. The molecule has 0 radical (unpaired) electrons. The van der Waals surface area contributed by atoms with E-state index in [0.29, 0.717) is 25.1 Å². The lowest BCUT2D eigenvalue weighted by Gasteiger charge is -2.17. The van der Waals surface area contributed by atoms with Gasteiger partial charge in [-0.25, -0.2) is 9.48 Å². The Bertz CT molecular complexity index is 1120. The average molecular weight is 444 g/mol. The van der Waals surface area contributed by atoms with E-state index in [-0.39, 0.29) is 23.5 Å². The topological polar surface area (TPSA) is 92.2 Å². The number of likely N-dealkylation sites (tertiary alicyclic amines) is 1. The molecule has 1 unspecified atom stereocenters. The summed E-state index contributed by atoms with van der Waals surface area (Å²) in [6.45, 7) is 0.878. The number of halogens is 3. The number of anilines is 1. The van der Waals surface area contributed by atoms with Crippen molar-refractivity contribution in [3.63, 3.8) is 0 Å². The summed E-state index contributed by atoms with van der Waals surface area (Å²) < 4.78 is 40.0. The molecule has 0 spiro atoms. The molecule has 1 fully saturated rings. The van der Waals surface area contributed by atoms with Crippen molar-refractivity contribution in [2.75, 3.05) is 18.4 Å². The van der Waals surface area contributed by atoms with Gasteiger partial charge in [0.2, 0.25) is 0 Å². The van der Waals surface area contributed by atoms with Crippen LogP contribution in [0.1, 0.15) is 22.3 Å². The van der Waals surface area contributed by atoms with Crippen LogP contribution in [0.2, 0.25) is 0 Å². The van der Waals surface area contributed by atoms with Crippen LogP contribution in [0.15, 0.2) is 61.1 Å². The summed E-state index contributed by atoms with van der Waals surface area (Å²) in [6, 6.07) is 8.74. The van der Waals surface area contributed by atoms with Crippen LogP contribution in [-0.4, -0.2) is 50.7 Å². The molecule has 1 aliphatic heterocycles. The Labute approximate surface area is 181 Å². The number of benzene rings is 1. The summed E-state index contributed by atoms with van der Waals surface area (Å²) in [7, 11) is 0. The van der Waals surface area contributed by atoms with E-state index in [1.54, 1.807) is 29.4 Å². The fraction of sp³-hybridized carbons (Fsp3) is 0.238. The van der Waals surface area contributed by atoms with Crippen LogP contribution in [0.4, 0.5) is 23.8 Å². The van der Waals surface area contributed by atoms with Gasteiger partial charge in [0.1, 0.15) is 0 Å². The Morgan fingerprint density at radius 1 is 1.09 bits per heavy atom. The molecule has 0 aliphatic carbocycles. The Morgan fingerprint density at radius 2 is 1.88 bits per heavy atom. The highest BCUT2D eigenvalue weighted by Gasteiger charge is 2.31. The van der Waals surface area contributed by atoms with Gasteiger partial charge in [0.05, 0.1) is 11.3 Å². The predicted molar refractivity (Wildman–Crippen MR) is 109 cm³/mol. The van der Waals surface area contributed by atoms with Crippen molar-refractivity contribution < 1.29 is 22.8 Å². The Kier molecular flexibility index (Phi) is 5.80. The molecule has 1 saturated heterocycles. The van der Waals surface area contributed by atoms with Gasteiger partial charge < -0.3 is 10.2 Å². The molecule has 2 N–H and O–H groups in total. The van der Waals surface area contributed by atoms with Gasteiger partial charge in [-0.2, -0.15) is 13.2 Å². The number of amides is 3. The maximum Gasteiger partial charge on any atom is 0.416 e. The number of carbonyl (C=O) groups excluding carboxylic acids is 2. The molecule has 11 heteroatoms. The van der Waals surface area contributed by atoms with Gasteiger partial charge in [-0.05, 0) is 36.8 Å². The zero-order chi connectivity index (χ0) is 22.7. The Hall–Kier alpha value is -3.89. The normalized spacial score (nSPS) is 16.1. The number of rotatable bonds is 4. The van der Waals surface area contributed by atoms with Gasteiger partial charge in [0.25, 0.3) is 5.91 Å². The second-order valence-electron chi connectivity index (χ2n) is 7.26. The number of nitrogens with zero attached hydrogens (tertiary/aromatic N) is 4. The molecule has 0 bridgehead atoms. The molecule has 8 nitrogen and oxygen atoms in total. The van der Waals surface area contributed by atoms with E-state index in [0.717, 1.165) is 12.1 Å². The first-order chi connectivity index (χ1) is 15.3. The minimum absolute atomic E-state index is 0.128. The first-order valence-electron chi connectivity index (χ1n) is 9.80. The number of carbonyl (C=O) groups is 2. The number of alkyl halides is 3. The number of nitrogens with one attached hydrogen (secondary N) is 2. The highest BCUT2D eigenvalue weighted by molar-refractivity contribution is 5.94. The average Bonchev–Trinajstić information content (AvgIpc) is 3.43. The van der Waals surface area contributed by atoms with Crippen molar-refractivity contribution in [1.82, 2.24) is 25.0 Å². The van der Waals surface area contributed by atoms with Crippen LogP contribution in [0.3, 0.4) is 0 Å². The Balaban J connectivity index is 1.33. The maximum atomic E-state index is 12.9. The van der Waals surface area contributed by atoms with Crippen LogP contribution >= 0.6 is 0 Å². The van der Waals surface area contributed by atoms with E-state index in [1.165, 1.54) is 29.1 Å². The van der Waals surface area contributed by atoms with E-state index in [4.69, 9.17) is 0 Å². The Morgan fingerprint density at radius 3 is 2.62 bits per heavy atom. The third-order valence-electron chi connectivity index (χ3n) is 5.01. The predicted octanol–water partition coefficient (Wildman–Crippen LogP) is 3.32. The van der Waals surface area contributed by atoms with Gasteiger partial charge in [0, 0.05) is 49.4 Å². The van der Waals surface area contributed by atoms with Crippen molar-refractivity contribution in [3.8, 4) is 5.69 Å². The van der Waals surface area contributed by atoms with Crippen LogP contribution in [0.25, 0.3) is 5.69 Å². The summed E-state index contributed by atoms with van der Waals surface area (Å²) in [5.74, 6) is 0.0552. The van der Waals surface area contributed by atoms with Crippen LogP contribution in [-0.2, 0) is 6.18 Å². The molecule has 3 amide bonds. The van der Waals surface area contributed by atoms with E-state index in [2.05, 4.69) is 20.7 Å². The van der Waals surface area contributed by atoms with E-state index >= 15 is 0 Å². The largest absolute Gasteiger partial charge is 0.416 e. The molecule has 1 atom stereocenters. The van der Waals surface area contributed by atoms with Crippen LogP contribution in [0.5, 0.6) is 0 Å². The highest BCUT2D eigenvalue weighted by Crippen LogP contribution is 2.30. The standard InChI is InChI=1S/C21H19F3N6O2/c22-21(23,24)15-2-1-3-17(12-15)30-11-7-18(28-30)27-20(32)26-16-6-10-29(13-16)19(31)14-4-8-25-9-5-14/h1-5,7-9,11-12,16H,6,10,13H2,(H2,26,27,28,32). The summed E-state index contributed by atoms with van der Waals surface area (Å²) >= 11 is 0. The highest BCUT2D eigenvalue weighted by atomic mass is 19.4. The first kappa shape index (κ1) is 21.3. The monoisotopic (exact) mass is 444 g/mol. The molecule has 1 aliphatic rings. The van der Waals surface area contributed by atoms with Crippen molar-refractivity contribution in [2.45, 2.75) is 18.6 Å².